The minimum atomic E-state index is -0.166. The summed E-state index contributed by atoms with van der Waals surface area (Å²) in [6, 6.07) is 15.6. The Balaban J connectivity index is 1.95. The van der Waals surface area contributed by atoms with Crippen molar-refractivity contribution >= 4 is 33.9 Å². The highest BCUT2D eigenvalue weighted by Crippen LogP contribution is 2.23. The molecule has 2 aromatic carbocycles. The van der Waals surface area contributed by atoms with E-state index in [4.69, 9.17) is 0 Å². The van der Waals surface area contributed by atoms with E-state index in [0.717, 1.165) is 21.3 Å². The molecule has 4 heteroatoms. The Bertz CT molecular complexity index is 743. The summed E-state index contributed by atoms with van der Waals surface area (Å²) in [6.07, 6.45) is 0. The molecular formula is C15H12N2OS. The van der Waals surface area contributed by atoms with Gasteiger partial charge in [-0.15, -0.1) is 0 Å². The zero-order valence-electron chi connectivity index (χ0n) is 10.4. The van der Waals surface area contributed by atoms with Gasteiger partial charge in [-0.05, 0) is 36.0 Å². The Morgan fingerprint density at radius 2 is 1.95 bits per heavy atom. The maximum Gasteiger partial charge on any atom is 0.275 e. The average Bonchev–Trinajstić information content (AvgIpc) is 2.86. The van der Waals surface area contributed by atoms with Crippen LogP contribution >= 0.6 is 11.5 Å². The van der Waals surface area contributed by atoms with Gasteiger partial charge in [0.1, 0.15) is 5.69 Å². The molecule has 3 nitrogen and oxygen atoms in total. The highest BCUT2D eigenvalue weighted by Gasteiger charge is 2.10. The molecule has 1 N–H and O–H groups in total. The normalized spacial score (nSPS) is 10.6. The van der Waals surface area contributed by atoms with Crippen LogP contribution in [0, 0.1) is 6.92 Å². The van der Waals surface area contributed by atoms with Crippen LogP contribution in [0.1, 0.15) is 15.4 Å². The van der Waals surface area contributed by atoms with E-state index in [2.05, 4.69) is 9.69 Å². The van der Waals surface area contributed by atoms with Crippen LogP contribution in [0.25, 0.3) is 10.8 Å². The molecule has 0 atom stereocenters. The highest BCUT2D eigenvalue weighted by atomic mass is 32.1. The lowest BCUT2D eigenvalue weighted by atomic mass is 10.1. The van der Waals surface area contributed by atoms with Crippen LogP contribution in [0.2, 0.25) is 0 Å². The van der Waals surface area contributed by atoms with Gasteiger partial charge >= 0.3 is 0 Å². The van der Waals surface area contributed by atoms with Crippen LogP contribution in [-0.2, 0) is 0 Å². The van der Waals surface area contributed by atoms with E-state index >= 15 is 0 Å². The molecule has 0 radical (unpaired) electrons. The van der Waals surface area contributed by atoms with E-state index in [9.17, 15) is 4.79 Å². The average molecular weight is 268 g/mol. The number of anilines is 1. The van der Waals surface area contributed by atoms with Crippen molar-refractivity contribution < 1.29 is 4.79 Å². The lowest BCUT2D eigenvalue weighted by molar-refractivity contribution is 0.102. The highest BCUT2D eigenvalue weighted by molar-refractivity contribution is 7.05. The Hall–Kier alpha value is -2.20. The van der Waals surface area contributed by atoms with Crippen LogP contribution in [0.15, 0.2) is 48.5 Å². The van der Waals surface area contributed by atoms with E-state index in [-0.39, 0.29) is 5.91 Å². The monoisotopic (exact) mass is 268 g/mol. The number of nitrogens with one attached hydrogen (secondary N) is 1. The molecule has 0 saturated heterocycles. The van der Waals surface area contributed by atoms with Crippen LogP contribution < -0.4 is 5.32 Å². The number of aryl methyl sites for hydroxylation is 1. The molecule has 19 heavy (non-hydrogen) atoms. The second-order valence-electron chi connectivity index (χ2n) is 4.30. The number of fused-ring (bicyclic) bond motifs is 1. The number of nitrogens with zero attached hydrogens (tertiary/aromatic N) is 1. The summed E-state index contributed by atoms with van der Waals surface area (Å²) < 4.78 is 4.12. The molecule has 3 rings (SSSR count). The zero-order chi connectivity index (χ0) is 13.2. The van der Waals surface area contributed by atoms with Gasteiger partial charge in [-0.1, -0.05) is 36.4 Å². The van der Waals surface area contributed by atoms with Crippen molar-refractivity contribution in [2.45, 2.75) is 6.92 Å². The van der Waals surface area contributed by atoms with Crippen molar-refractivity contribution in [3.8, 4) is 0 Å². The molecule has 0 aliphatic carbocycles. The number of hydrogen-bond acceptors (Lipinski definition) is 3. The van der Waals surface area contributed by atoms with Crippen LogP contribution in [0.5, 0.6) is 0 Å². The van der Waals surface area contributed by atoms with Gasteiger partial charge in [-0.3, -0.25) is 4.79 Å². The van der Waals surface area contributed by atoms with Crippen LogP contribution in [0.4, 0.5) is 5.69 Å². The van der Waals surface area contributed by atoms with E-state index in [1.54, 1.807) is 6.07 Å². The van der Waals surface area contributed by atoms with Crippen molar-refractivity contribution in [3.05, 3.63) is 59.1 Å². The van der Waals surface area contributed by atoms with Crippen molar-refractivity contribution in [2.24, 2.45) is 0 Å². The van der Waals surface area contributed by atoms with Crippen molar-refractivity contribution in [1.82, 2.24) is 4.37 Å². The third-order valence-corrected chi connectivity index (χ3v) is 3.59. The third kappa shape index (κ3) is 2.35. The smallest absolute Gasteiger partial charge is 0.275 e. The Morgan fingerprint density at radius 3 is 2.74 bits per heavy atom. The standard InChI is InChI=1S/C15H12N2OS/c1-10-9-14(17-19-10)15(18)16-13-8-4-6-11-5-2-3-7-12(11)13/h2-9H,1H3,(H,16,18). The van der Waals surface area contributed by atoms with Crippen LogP contribution in [-0.4, -0.2) is 10.3 Å². The van der Waals surface area contributed by atoms with Crippen LogP contribution in [0.3, 0.4) is 0 Å². The van der Waals surface area contributed by atoms with Crippen molar-refractivity contribution in [1.29, 1.82) is 0 Å². The summed E-state index contributed by atoms with van der Waals surface area (Å²) in [6.45, 7) is 1.94. The maximum absolute atomic E-state index is 12.1. The molecule has 0 saturated carbocycles. The summed E-state index contributed by atoms with van der Waals surface area (Å²) in [5, 5.41) is 5.06. The number of amides is 1. The van der Waals surface area contributed by atoms with Gasteiger partial charge in [0.2, 0.25) is 0 Å². The molecule has 0 aliphatic rings. The number of carbonyl (C=O) groups excluding carboxylic acids is 1. The first kappa shape index (κ1) is 11.9. The Morgan fingerprint density at radius 1 is 1.16 bits per heavy atom. The minimum Gasteiger partial charge on any atom is -0.320 e. The molecule has 1 aromatic heterocycles. The molecule has 0 unspecified atom stereocenters. The van der Waals surface area contributed by atoms with Gasteiger partial charge in [0.15, 0.2) is 0 Å². The molecule has 0 fully saturated rings. The summed E-state index contributed by atoms with van der Waals surface area (Å²) in [5.41, 5.74) is 1.28. The van der Waals surface area contributed by atoms with Gasteiger partial charge in [0.05, 0.1) is 0 Å². The molecule has 94 valence electrons. The molecule has 1 amide bonds. The molecule has 0 bridgehead atoms. The van der Waals surface area contributed by atoms with Gasteiger partial charge in [0.25, 0.3) is 5.91 Å². The molecule has 0 aliphatic heterocycles. The largest absolute Gasteiger partial charge is 0.320 e. The fraction of sp³-hybridized carbons (Fsp3) is 0.0667. The summed E-state index contributed by atoms with van der Waals surface area (Å²) in [5.74, 6) is -0.166. The van der Waals surface area contributed by atoms with Crippen molar-refractivity contribution in [2.75, 3.05) is 5.32 Å². The third-order valence-electron chi connectivity index (χ3n) is 2.90. The fourth-order valence-corrected chi connectivity index (χ4v) is 2.54. The van der Waals surface area contributed by atoms with Gasteiger partial charge in [0, 0.05) is 16.0 Å². The first-order valence-electron chi connectivity index (χ1n) is 5.96. The van der Waals surface area contributed by atoms with E-state index in [1.807, 2.05) is 49.4 Å². The maximum atomic E-state index is 12.1. The number of aromatic nitrogens is 1. The topological polar surface area (TPSA) is 42.0 Å². The van der Waals surface area contributed by atoms with Crippen molar-refractivity contribution in [3.63, 3.8) is 0 Å². The lowest BCUT2D eigenvalue weighted by Crippen LogP contribution is -2.12. The second kappa shape index (κ2) is 4.82. The predicted molar refractivity (Wildman–Crippen MR) is 78.8 cm³/mol. The van der Waals surface area contributed by atoms with Gasteiger partial charge in [-0.25, -0.2) is 0 Å². The number of hydrogen-bond donors (Lipinski definition) is 1. The minimum absolute atomic E-state index is 0.166. The fourth-order valence-electron chi connectivity index (χ4n) is 1.99. The summed E-state index contributed by atoms with van der Waals surface area (Å²) in [4.78, 5) is 13.1. The van der Waals surface area contributed by atoms with E-state index < -0.39 is 0 Å². The molecule has 1 heterocycles. The number of rotatable bonds is 2. The number of benzene rings is 2. The second-order valence-corrected chi connectivity index (χ2v) is 5.31. The SMILES string of the molecule is Cc1cc(C(=O)Nc2cccc3ccccc23)ns1. The molecule has 0 spiro atoms. The van der Waals surface area contributed by atoms with E-state index in [1.165, 1.54) is 11.5 Å². The zero-order valence-corrected chi connectivity index (χ0v) is 11.2. The quantitative estimate of drug-likeness (QED) is 0.767. The molecular weight excluding hydrogens is 256 g/mol. The lowest BCUT2D eigenvalue weighted by Gasteiger charge is -2.07. The van der Waals surface area contributed by atoms with Gasteiger partial charge in [-0.2, -0.15) is 4.37 Å². The Labute approximate surface area is 115 Å². The van der Waals surface area contributed by atoms with Gasteiger partial charge < -0.3 is 5.32 Å². The predicted octanol–water partition coefficient (Wildman–Crippen LogP) is 3.86. The first-order valence-corrected chi connectivity index (χ1v) is 6.74. The van der Waals surface area contributed by atoms with E-state index in [0.29, 0.717) is 5.69 Å². The first-order chi connectivity index (χ1) is 9.24. The Kier molecular flexibility index (Phi) is 3.01. The summed E-state index contributed by atoms with van der Waals surface area (Å²) >= 11 is 1.34. The molecule has 3 aromatic rings. The number of carbonyl (C=O) groups is 1. The summed E-state index contributed by atoms with van der Waals surface area (Å²) in [7, 11) is 0.